The molecule has 7 heteroatoms. The lowest BCUT2D eigenvalue weighted by molar-refractivity contribution is -0.391. The Bertz CT molecular complexity index is 425. The van der Waals surface area contributed by atoms with Crippen LogP contribution in [0, 0.1) is 10.1 Å². The fourth-order valence-corrected chi connectivity index (χ4v) is 1.40. The summed E-state index contributed by atoms with van der Waals surface area (Å²) in [7, 11) is 1.46. The molecule has 0 spiro atoms. The van der Waals surface area contributed by atoms with E-state index in [1.807, 2.05) is 0 Å². The normalized spacial score (nSPS) is 12.2. The lowest BCUT2D eigenvalue weighted by Crippen LogP contribution is -2.28. The molecule has 0 aliphatic carbocycles. The summed E-state index contributed by atoms with van der Waals surface area (Å²) in [5, 5.41) is 22.2. The summed E-state index contributed by atoms with van der Waals surface area (Å²) >= 11 is 0. The summed E-state index contributed by atoms with van der Waals surface area (Å²) < 4.78 is 1.22. The van der Waals surface area contributed by atoms with Gasteiger partial charge in [-0.3, -0.25) is 4.79 Å². The molecule has 2 N–H and O–H groups in total. The van der Waals surface area contributed by atoms with E-state index in [-0.39, 0.29) is 17.4 Å². The van der Waals surface area contributed by atoms with Crippen molar-refractivity contribution < 1.29 is 14.8 Å². The van der Waals surface area contributed by atoms with E-state index >= 15 is 0 Å². The first-order chi connectivity index (χ1) is 7.93. The van der Waals surface area contributed by atoms with Gasteiger partial charge in [-0.25, -0.2) is 4.57 Å². The SMILES string of the molecule is CC(O)CCNC(=O)c1ccc([N+](=O)[O-])n1C. The second-order valence-corrected chi connectivity index (χ2v) is 3.79. The number of carbonyl (C=O) groups excluding carboxylic acids is 1. The minimum Gasteiger partial charge on any atom is -0.393 e. The number of nitrogens with one attached hydrogen (secondary N) is 1. The van der Waals surface area contributed by atoms with Crippen molar-refractivity contribution in [2.24, 2.45) is 7.05 Å². The molecule has 94 valence electrons. The van der Waals surface area contributed by atoms with Crippen molar-refractivity contribution in [1.82, 2.24) is 9.88 Å². The molecule has 1 rings (SSSR count). The van der Waals surface area contributed by atoms with Crippen LogP contribution in [0.1, 0.15) is 23.8 Å². The van der Waals surface area contributed by atoms with Crippen molar-refractivity contribution in [3.8, 4) is 0 Å². The van der Waals surface area contributed by atoms with Crippen molar-refractivity contribution in [3.05, 3.63) is 27.9 Å². The van der Waals surface area contributed by atoms with E-state index in [4.69, 9.17) is 5.11 Å². The molecule has 1 atom stereocenters. The minimum atomic E-state index is -0.549. The number of amides is 1. The Morgan fingerprint density at radius 1 is 1.65 bits per heavy atom. The maximum atomic E-state index is 11.6. The Balaban J connectivity index is 2.67. The highest BCUT2D eigenvalue weighted by Crippen LogP contribution is 2.14. The molecule has 1 amide bonds. The Kier molecular flexibility index (Phi) is 4.22. The molecular formula is C10H15N3O4. The Labute approximate surface area is 98.2 Å². The van der Waals surface area contributed by atoms with Crippen molar-refractivity contribution in [1.29, 1.82) is 0 Å². The van der Waals surface area contributed by atoms with Gasteiger partial charge in [0.2, 0.25) is 0 Å². The average Bonchev–Trinajstić information content (AvgIpc) is 2.59. The van der Waals surface area contributed by atoms with Crippen LogP contribution in [-0.2, 0) is 7.05 Å². The molecule has 7 nitrogen and oxygen atoms in total. The number of aliphatic hydroxyl groups excluding tert-OH is 1. The van der Waals surface area contributed by atoms with Gasteiger partial charge >= 0.3 is 5.82 Å². The minimum absolute atomic E-state index is 0.134. The van der Waals surface area contributed by atoms with Gasteiger partial charge in [0.15, 0.2) is 5.69 Å². The molecule has 0 fully saturated rings. The van der Waals surface area contributed by atoms with Crippen LogP contribution in [0.15, 0.2) is 12.1 Å². The van der Waals surface area contributed by atoms with Gasteiger partial charge in [-0.1, -0.05) is 0 Å². The number of aromatic nitrogens is 1. The third kappa shape index (κ3) is 3.28. The maximum absolute atomic E-state index is 11.6. The number of rotatable bonds is 5. The van der Waals surface area contributed by atoms with Crippen molar-refractivity contribution in [2.75, 3.05) is 6.54 Å². The van der Waals surface area contributed by atoms with E-state index in [1.165, 1.54) is 23.7 Å². The fraction of sp³-hybridized carbons (Fsp3) is 0.500. The molecule has 0 radical (unpaired) electrons. The summed E-state index contributed by atoms with van der Waals surface area (Å²) in [6.07, 6.45) is -0.0452. The van der Waals surface area contributed by atoms with Crippen LogP contribution in [-0.4, -0.2) is 33.2 Å². The van der Waals surface area contributed by atoms with Crippen LogP contribution in [0.2, 0.25) is 0 Å². The molecule has 1 aromatic heterocycles. The molecule has 0 aliphatic heterocycles. The number of carbonyl (C=O) groups is 1. The highest BCUT2D eigenvalue weighted by molar-refractivity contribution is 5.93. The van der Waals surface area contributed by atoms with E-state index in [0.29, 0.717) is 13.0 Å². The number of nitro groups is 1. The van der Waals surface area contributed by atoms with E-state index in [1.54, 1.807) is 6.92 Å². The third-order valence-corrected chi connectivity index (χ3v) is 2.36. The second kappa shape index (κ2) is 5.44. The topological polar surface area (TPSA) is 97.4 Å². The average molecular weight is 241 g/mol. The molecule has 0 aliphatic rings. The molecule has 1 aromatic rings. The van der Waals surface area contributed by atoms with Gasteiger partial charge in [-0.05, 0) is 24.3 Å². The van der Waals surface area contributed by atoms with E-state index in [0.717, 1.165) is 0 Å². The number of hydrogen-bond donors (Lipinski definition) is 2. The van der Waals surface area contributed by atoms with Gasteiger partial charge in [-0.15, -0.1) is 0 Å². The molecule has 17 heavy (non-hydrogen) atoms. The summed E-state index contributed by atoms with van der Waals surface area (Å²) in [6.45, 7) is 1.95. The van der Waals surface area contributed by atoms with Crippen LogP contribution in [0.4, 0.5) is 5.82 Å². The van der Waals surface area contributed by atoms with Gasteiger partial charge in [0.05, 0.1) is 13.2 Å². The highest BCUT2D eigenvalue weighted by atomic mass is 16.6. The first-order valence-electron chi connectivity index (χ1n) is 5.20. The fourth-order valence-electron chi connectivity index (χ4n) is 1.40. The number of aliphatic hydroxyl groups is 1. The maximum Gasteiger partial charge on any atom is 0.323 e. The predicted octanol–water partition coefficient (Wildman–Crippen LogP) is 0.434. The molecule has 0 aromatic carbocycles. The highest BCUT2D eigenvalue weighted by Gasteiger charge is 2.19. The van der Waals surface area contributed by atoms with E-state index < -0.39 is 11.0 Å². The monoisotopic (exact) mass is 241 g/mol. The zero-order valence-electron chi connectivity index (χ0n) is 9.71. The van der Waals surface area contributed by atoms with Gasteiger partial charge < -0.3 is 20.5 Å². The molecular weight excluding hydrogens is 226 g/mol. The molecule has 1 unspecified atom stereocenters. The number of hydrogen-bond acceptors (Lipinski definition) is 4. The van der Waals surface area contributed by atoms with Crippen LogP contribution in [0.3, 0.4) is 0 Å². The van der Waals surface area contributed by atoms with Crippen LogP contribution in [0.5, 0.6) is 0 Å². The van der Waals surface area contributed by atoms with Gasteiger partial charge in [0, 0.05) is 12.6 Å². The zero-order chi connectivity index (χ0) is 13.0. The Morgan fingerprint density at radius 2 is 2.29 bits per heavy atom. The summed E-state index contributed by atoms with van der Waals surface area (Å²) in [5.41, 5.74) is 0.224. The Morgan fingerprint density at radius 3 is 2.76 bits per heavy atom. The van der Waals surface area contributed by atoms with Crippen LogP contribution < -0.4 is 5.32 Å². The predicted molar refractivity (Wildman–Crippen MR) is 60.7 cm³/mol. The van der Waals surface area contributed by atoms with Crippen molar-refractivity contribution >= 4 is 11.7 Å². The largest absolute Gasteiger partial charge is 0.393 e. The molecule has 0 saturated carbocycles. The summed E-state index contributed by atoms with van der Waals surface area (Å²) in [6, 6.07) is 2.68. The zero-order valence-corrected chi connectivity index (χ0v) is 9.71. The standard InChI is InChI=1S/C10H15N3O4/c1-7(14)5-6-11-10(15)8-3-4-9(12(8)2)13(16)17/h3-4,7,14H,5-6H2,1-2H3,(H,11,15). The van der Waals surface area contributed by atoms with Gasteiger partial charge in [0.1, 0.15) is 0 Å². The quantitative estimate of drug-likeness (QED) is 0.577. The smallest absolute Gasteiger partial charge is 0.323 e. The van der Waals surface area contributed by atoms with Crippen LogP contribution in [0.25, 0.3) is 0 Å². The van der Waals surface area contributed by atoms with E-state index in [2.05, 4.69) is 5.32 Å². The van der Waals surface area contributed by atoms with Crippen LogP contribution >= 0.6 is 0 Å². The molecule has 1 heterocycles. The van der Waals surface area contributed by atoms with Crippen molar-refractivity contribution in [2.45, 2.75) is 19.4 Å². The first-order valence-corrected chi connectivity index (χ1v) is 5.20. The Hall–Kier alpha value is -1.89. The van der Waals surface area contributed by atoms with E-state index in [9.17, 15) is 14.9 Å². The first kappa shape index (κ1) is 13.2. The summed E-state index contributed by atoms with van der Waals surface area (Å²) in [4.78, 5) is 21.7. The van der Waals surface area contributed by atoms with Gasteiger partial charge in [0.25, 0.3) is 5.91 Å². The third-order valence-electron chi connectivity index (χ3n) is 2.36. The lowest BCUT2D eigenvalue weighted by Gasteiger charge is -2.05. The lowest BCUT2D eigenvalue weighted by atomic mass is 10.3. The second-order valence-electron chi connectivity index (χ2n) is 3.79. The molecule has 0 saturated heterocycles. The summed E-state index contributed by atoms with van der Waals surface area (Å²) in [5.74, 6) is -0.521. The molecule has 0 bridgehead atoms. The van der Waals surface area contributed by atoms with Gasteiger partial charge in [-0.2, -0.15) is 0 Å². The number of nitrogens with zero attached hydrogens (tertiary/aromatic N) is 2. The van der Waals surface area contributed by atoms with Crippen molar-refractivity contribution in [3.63, 3.8) is 0 Å².